The summed E-state index contributed by atoms with van der Waals surface area (Å²) in [5, 5.41) is 2.80. The zero-order valence-corrected chi connectivity index (χ0v) is 14.4. The molecule has 0 radical (unpaired) electrons. The fourth-order valence-corrected chi connectivity index (χ4v) is 2.95. The summed E-state index contributed by atoms with van der Waals surface area (Å²) < 4.78 is 37.7. The fourth-order valence-electron chi connectivity index (χ4n) is 1.96. The number of nitrogens with one attached hydrogen (secondary N) is 1. The van der Waals surface area contributed by atoms with Crippen LogP contribution in [0.4, 0.5) is 18.9 Å². The number of benzene rings is 1. The lowest BCUT2D eigenvalue weighted by Crippen LogP contribution is -2.15. The van der Waals surface area contributed by atoms with Gasteiger partial charge in [0, 0.05) is 11.9 Å². The van der Waals surface area contributed by atoms with Gasteiger partial charge < -0.3 is 5.32 Å². The second kappa shape index (κ2) is 7.44. The van der Waals surface area contributed by atoms with E-state index in [1.807, 2.05) is 26.0 Å². The Hall–Kier alpha value is -1.73. The van der Waals surface area contributed by atoms with Crippen LogP contribution in [0, 0.1) is 13.8 Å². The molecule has 8 heteroatoms. The molecule has 0 atom stereocenters. The van der Waals surface area contributed by atoms with E-state index in [9.17, 15) is 18.0 Å². The number of thioether (sulfide) groups is 1. The third-order valence-electron chi connectivity index (χ3n) is 3.13. The minimum Gasteiger partial charge on any atom is -0.325 e. The first-order chi connectivity index (χ1) is 11.2. The Morgan fingerprint density at radius 3 is 2.58 bits per heavy atom. The Kier molecular flexibility index (Phi) is 5.77. The zero-order chi connectivity index (χ0) is 17.9. The van der Waals surface area contributed by atoms with Crippen LogP contribution < -0.4 is 5.32 Å². The van der Waals surface area contributed by atoms with Gasteiger partial charge in [-0.2, -0.15) is 13.2 Å². The number of rotatable bonds is 4. The van der Waals surface area contributed by atoms with Gasteiger partial charge in [-0.1, -0.05) is 41.1 Å². The highest BCUT2D eigenvalue weighted by Gasteiger charge is 2.31. The largest absolute Gasteiger partial charge is 0.417 e. The maximum absolute atomic E-state index is 12.6. The lowest BCUT2D eigenvalue weighted by atomic mass is 10.1. The normalized spacial score (nSPS) is 11.4. The maximum atomic E-state index is 12.6. The Labute approximate surface area is 146 Å². The van der Waals surface area contributed by atoms with Gasteiger partial charge in [0.2, 0.25) is 5.91 Å². The number of aryl methyl sites for hydroxylation is 2. The summed E-state index contributed by atoms with van der Waals surface area (Å²) in [6.45, 7) is 3.83. The number of nitrogens with zero attached hydrogens (tertiary/aromatic N) is 1. The standard InChI is InChI=1S/C16H14ClF3N2OS/c1-9-3-4-13(10(2)5-9)22-14(23)8-24-15-12(17)6-11(7-21-15)16(18,19)20/h3-7H,8H2,1-2H3,(H,22,23). The molecule has 1 N–H and O–H groups in total. The molecule has 0 saturated carbocycles. The molecule has 1 heterocycles. The van der Waals surface area contributed by atoms with E-state index in [0.29, 0.717) is 11.9 Å². The van der Waals surface area contributed by atoms with E-state index < -0.39 is 11.7 Å². The molecule has 1 aromatic heterocycles. The van der Waals surface area contributed by atoms with Crippen LogP contribution in [0.5, 0.6) is 0 Å². The number of hydrogen-bond donors (Lipinski definition) is 1. The van der Waals surface area contributed by atoms with Gasteiger partial charge in [-0.05, 0) is 31.5 Å². The van der Waals surface area contributed by atoms with Gasteiger partial charge in [0.25, 0.3) is 0 Å². The van der Waals surface area contributed by atoms with Gasteiger partial charge in [0.05, 0.1) is 16.3 Å². The van der Waals surface area contributed by atoms with Crippen LogP contribution in [-0.2, 0) is 11.0 Å². The summed E-state index contributed by atoms with van der Waals surface area (Å²) in [7, 11) is 0. The van der Waals surface area contributed by atoms with Crippen LogP contribution in [-0.4, -0.2) is 16.6 Å². The van der Waals surface area contributed by atoms with Crippen molar-refractivity contribution in [1.82, 2.24) is 4.98 Å². The number of carbonyl (C=O) groups is 1. The van der Waals surface area contributed by atoms with Gasteiger partial charge in [-0.25, -0.2) is 4.98 Å². The average molecular weight is 375 g/mol. The van der Waals surface area contributed by atoms with Crippen molar-refractivity contribution in [3.05, 3.63) is 52.2 Å². The molecule has 0 aliphatic rings. The lowest BCUT2D eigenvalue weighted by molar-refractivity contribution is -0.137. The second-order valence-electron chi connectivity index (χ2n) is 5.16. The number of anilines is 1. The van der Waals surface area contributed by atoms with E-state index in [-0.39, 0.29) is 21.7 Å². The summed E-state index contributed by atoms with van der Waals surface area (Å²) in [4.78, 5) is 15.7. The number of pyridine rings is 1. The van der Waals surface area contributed by atoms with Crippen molar-refractivity contribution in [2.24, 2.45) is 0 Å². The number of amides is 1. The molecular formula is C16H14ClF3N2OS. The highest BCUT2D eigenvalue weighted by atomic mass is 35.5. The van der Waals surface area contributed by atoms with E-state index in [4.69, 9.17) is 11.6 Å². The molecule has 0 bridgehead atoms. The average Bonchev–Trinajstić information content (AvgIpc) is 2.48. The molecule has 0 aliphatic carbocycles. The van der Waals surface area contributed by atoms with Gasteiger partial charge in [-0.15, -0.1) is 0 Å². The summed E-state index contributed by atoms with van der Waals surface area (Å²) in [5.74, 6) is -0.296. The summed E-state index contributed by atoms with van der Waals surface area (Å²) >= 11 is 6.79. The first kappa shape index (κ1) is 18.6. The van der Waals surface area contributed by atoms with Crippen LogP contribution in [0.3, 0.4) is 0 Å². The molecule has 128 valence electrons. The van der Waals surface area contributed by atoms with Crippen LogP contribution in [0.15, 0.2) is 35.5 Å². The molecule has 0 aliphatic heterocycles. The van der Waals surface area contributed by atoms with Crippen LogP contribution in [0.25, 0.3) is 0 Å². The quantitative estimate of drug-likeness (QED) is 0.757. The minimum absolute atomic E-state index is 0.00853. The molecule has 2 rings (SSSR count). The first-order valence-corrected chi connectivity index (χ1v) is 8.26. The number of alkyl halides is 3. The van der Waals surface area contributed by atoms with E-state index in [2.05, 4.69) is 10.3 Å². The van der Waals surface area contributed by atoms with Gasteiger partial charge in [0.1, 0.15) is 5.03 Å². The Balaban J connectivity index is 1.99. The highest BCUT2D eigenvalue weighted by molar-refractivity contribution is 8.00. The van der Waals surface area contributed by atoms with E-state index in [0.717, 1.165) is 29.0 Å². The summed E-state index contributed by atoms with van der Waals surface area (Å²) in [5.41, 5.74) is 1.79. The Bertz CT molecular complexity index is 765. The SMILES string of the molecule is Cc1ccc(NC(=O)CSc2ncc(C(F)(F)F)cc2Cl)c(C)c1. The van der Waals surface area contributed by atoms with E-state index in [1.54, 1.807) is 6.07 Å². The van der Waals surface area contributed by atoms with Gasteiger partial charge >= 0.3 is 6.18 Å². The lowest BCUT2D eigenvalue weighted by Gasteiger charge is -2.10. The Morgan fingerprint density at radius 2 is 2.00 bits per heavy atom. The third-order valence-corrected chi connectivity index (χ3v) is 4.54. The van der Waals surface area contributed by atoms with Crippen LogP contribution in [0.2, 0.25) is 5.02 Å². The molecule has 1 aromatic carbocycles. The highest BCUT2D eigenvalue weighted by Crippen LogP contribution is 2.33. The zero-order valence-electron chi connectivity index (χ0n) is 12.9. The Morgan fingerprint density at radius 1 is 1.29 bits per heavy atom. The topological polar surface area (TPSA) is 42.0 Å². The second-order valence-corrected chi connectivity index (χ2v) is 6.54. The molecule has 0 spiro atoms. The summed E-state index contributed by atoms with van der Waals surface area (Å²) in [6, 6.07) is 6.43. The van der Waals surface area contributed by atoms with Crippen molar-refractivity contribution in [2.45, 2.75) is 25.0 Å². The maximum Gasteiger partial charge on any atom is 0.417 e. The van der Waals surface area contributed by atoms with Crippen LogP contribution >= 0.6 is 23.4 Å². The van der Waals surface area contributed by atoms with Crippen molar-refractivity contribution in [2.75, 3.05) is 11.1 Å². The van der Waals surface area contributed by atoms with Gasteiger partial charge in [0.15, 0.2) is 0 Å². The summed E-state index contributed by atoms with van der Waals surface area (Å²) in [6.07, 6.45) is -3.80. The number of halogens is 4. The monoisotopic (exact) mass is 374 g/mol. The van der Waals surface area contributed by atoms with Crippen molar-refractivity contribution >= 4 is 35.0 Å². The smallest absolute Gasteiger partial charge is 0.325 e. The van der Waals surface area contributed by atoms with Crippen molar-refractivity contribution in [3.8, 4) is 0 Å². The molecule has 0 unspecified atom stereocenters. The van der Waals surface area contributed by atoms with E-state index >= 15 is 0 Å². The van der Waals surface area contributed by atoms with Crippen molar-refractivity contribution < 1.29 is 18.0 Å². The van der Waals surface area contributed by atoms with Crippen molar-refractivity contribution in [1.29, 1.82) is 0 Å². The number of hydrogen-bond acceptors (Lipinski definition) is 3. The molecular weight excluding hydrogens is 361 g/mol. The van der Waals surface area contributed by atoms with Crippen LogP contribution in [0.1, 0.15) is 16.7 Å². The van der Waals surface area contributed by atoms with E-state index in [1.165, 1.54) is 0 Å². The minimum atomic E-state index is -4.50. The molecule has 0 saturated heterocycles. The fraction of sp³-hybridized carbons (Fsp3) is 0.250. The number of aromatic nitrogens is 1. The third kappa shape index (κ3) is 4.88. The first-order valence-electron chi connectivity index (χ1n) is 6.89. The molecule has 3 nitrogen and oxygen atoms in total. The predicted octanol–water partition coefficient (Wildman–Crippen LogP) is 5.10. The predicted molar refractivity (Wildman–Crippen MR) is 89.5 cm³/mol. The molecule has 24 heavy (non-hydrogen) atoms. The van der Waals surface area contributed by atoms with Gasteiger partial charge in [-0.3, -0.25) is 4.79 Å². The molecule has 0 fully saturated rings. The molecule has 2 aromatic rings. The molecule has 1 amide bonds. The number of carbonyl (C=O) groups excluding carboxylic acids is 1. The van der Waals surface area contributed by atoms with Crippen molar-refractivity contribution in [3.63, 3.8) is 0 Å².